The number of carbonyl (C=O) groups excluding carboxylic acids is 1. The lowest BCUT2D eigenvalue weighted by Gasteiger charge is -2.44. The van der Waals surface area contributed by atoms with Gasteiger partial charge in [0.1, 0.15) is 52.7 Å². The molecule has 0 atom stereocenters. The normalized spacial score (nSPS) is 11.5. The summed E-state index contributed by atoms with van der Waals surface area (Å²) in [5.74, 6) is -71.4. The summed E-state index contributed by atoms with van der Waals surface area (Å²) in [6.07, 6.45) is -5.32. The summed E-state index contributed by atoms with van der Waals surface area (Å²) in [6, 6.07) is 15.6. The van der Waals surface area contributed by atoms with Crippen molar-refractivity contribution < 1.29 is 97.2 Å². The first-order chi connectivity index (χ1) is 29.0. The number of aromatic nitrogens is 1. The van der Waals surface area contributed by atoms with Crippen molar-refractivity contribution in [2.24, 2.45) is 0 Å². The number of ketones is 1. The zero-order valence-electron chi connectivity index (χ0n) is 29.5. The highest BCUT2D eigenvalue weighted by Crippen LogP contribution is 2.30. The van der Waals surface area contributed by atoms with E-state index in [1.54, 1.807) is 6.07 Å². The molecule has 6 aromatic rings. The Hall–Kier alpha value is -6.13. The SMILES string of the molecule is Fc1c(F)c(F)c([B-](c2c(F)c(F)c(F)c(F)c2F)(c2c(F)c(F)c(F)c(F)c2F)c2c(F)c(F)c(F)c(F)c2F)c(F)c1F.O=C(CCl)c1cccc[n+]1Cc1ccccc1. The summed E-state index contributed by atoms with van der Waals surface area (Å²) >= 11 is 5.60. The number of hydrogen-bond donors (Lipinski definition) is 0. The van der Waals surface area contributed by atoms with Crippen LogP contribution in [-0.2, 0) is 6.54 Å². The van der Waals surface area contributed by atoms with Gasteiger partial charge in [-0.25, -0.2) is 87.8 Å². The van der Waals surface area contributed by atoms with E-state index in [4.69, 9.17) is 11.6 Å². The molecule has 2 nitrogen and oxygen atoms in total. The number of hydrogen-bond acceptors (Lipinski definition) is 1. The van der Waals surface area contributed by atoms with E-state index in [9.17, 15) is 57.5 Å². The van der Waals surface area contributed by atoms with Gasteiger partial charge in [0.15, 0.2) is 82.5 Å². The fourth-order valence-corrected chi connectivity index (χ4v) is 6.73. The largest absolute Gasteiger partial charge is 0.286 e. The predicted molar refractivity (Wildman–Crippen MR) is 176 cm³/mol. The fourth-order valence-electron chi connectivity index (χ4n) is 6.59. The highest BCUT2D eigenvalue weighted by Gasteiger charge is 2.52. The number of carbonyl (C=O) groups is 1. The molecule has 0 unspecified atom stereocenters. The van der Waals surface area contributed by atoms with Gasteiger partial charge in [0.2, 0.25) is 11.5 Å². The van der Waals surface area contributed by atoms with Crippen molar-refractivity contribution in [3.05, 3.63) is 182 Å². The number of nitrogens with zero attached hydrogens (tertiary/aromatic N) is 1. The predicted octanol–water partition coefficient (Wildman–Crippen LogP) is 8.29. The molecule has 1 aromatic heterocycles. The van der Waals surface area contributed by atoms with Gasteiger partial charge < -0.3 is 0 Å². The highest BCUT2D eigenvalue weighted by atomic mass is 35.5. The average Bonchev–Trinajstić information content (AvgIpc) is 3.26. The molecule has 0 spiro atoms. The second kappa shape index (κ2) is 17.7. The van der Waals surface area contributed by atoms with Crippen LogP contribution in [0, 0.1) is 116 Å². The molecule has 62 heavy (non-hydrogen) atoms. The second-order valence-corrected chi connectivity index (χ2v) is 12.8. The third-order valence-electron chi connectivity index (χ3n) is 9.25. The molecule has 0 saturated carbocycles. The molecule has 0 bridgehead atoms. The molecule has 0 N–H and O–H groups in total. The summed E-state index contributed by atoms with van der Waals surface area (Å²) in [5, 5.41) is 0. The number of halogens is 21. The molecule has 24 heteroatoms. The summed E-state index contributed by atoms with van der Waals surface area (Å²) in [4.78, 5) is 11.7. The summed E-state index contributed by atoms with van der Waals surface area (Å²) < 4.78 is 296. The van der Waals surface area contributed by atoms with Gasteiger partial charge in [0.25, 0.3) is 0 Å². The van der Waals surface area contributed by atoms with E-state index in [2.05, 4.69) is 0 Å². The standard InChI is InChI=1S/C24BF20.C14H13ClNO/c26-5-1(6(27)14(35)21(42)13(5)34)25(2-7(28)15(36)22(43)16(37)8(2)29,3-9(30)17(38)23(44)18(39)10(3)31)4-11(32)19(40)24(45)20(41)12(4)33;15-10-14(17)13-8-4-5-9-16(13)11-12-6-2-1-3-7-12/h;1-9H,10-11H2/q-1;+1. The van der Waals surface area contributed by atoms with Gasteiger partial charge in [-0.15, -0.1) is 33.5 Å². The number of alkyl halides is 1. The third kappa shape index (κ3) is 7.38. The molecule has 0 saturated heterocycles. The van der Waals surface area contributed by atoms with Crippen molar-refractivity contribution in [3.8, 4) is 0 Å². The van der Waals surface area contributed by atoms with Crippen molar-refractivity contribution in [2.45, 2.75) is 6.54 Å². The lowest BCUT2D eigenvalue weighted by molar-refractivity contribution is -0.690. The van der Waals surface area contributed by atoms with Crippen molar-refractivity contribution >= 4 is 45.4 Å². The first kappa shape index (κ1) is 46.9. The van der Waals surface area contributed by atoms with E-state index in [-0.39, 0.29) is 11.7 Å². The van der Waals surface area contributed by atoms with Gasteiger partial charge in [-0.05, 0) is 6.07 Å². The van der Waals surface area contributed by atoms with Crippen LogP contribution in [-0.4, -0.2) is 17.8 Å². The van der Waals surface area contributed by atoms with Crippen molar-refractivity contribution in [1.29, 1.82) is 0 Å². The molecule has 0 amide bonds. The van der Waals surface area contributed by atoms with Gasteiger partial charge in [0.05, 0.1) is 5.88 Å². The maximum Gasteiger partial charge on any atom is 0.250 e. The van der Waals surface area contributed by atoms with Crippen molar-refractivity contribution in [3.63, 3.8) is 0 Å². The average molecular weight is 926 g/mol. The Morgan fingerprint density at radius 1 is 0.387 bits per heavy atom. The van der Waals surface area contributed by atoms with Crippen LogP contribution in [0.15, 0.2) is 54.7 Å². The smallest absolute Gasteiger partial charge is 0.250 e. The van der Waals surface area contributed by atoms with Crippen LogP contribution < -0.4 is 26.4 Å². The highest BCUT2D eigenvalue weighted by molar-refractivity contribution is 7.20. The minimum atomic E-state index is -7.22. The quantitative estimate of drug-likeness (QED) is 0.0287. The molecular formula is C38H13BClF20NO. The Morgan fingerprint density at radius 2 is 0.645 bits per heavy atom. The lowest BCUT2D eigenvalue weighted by atomic mass is 9.12. The van der Waals surface area contributed by atoms with Gasteiger partial charge >= 0.3 is 0 Å². The van der Waals surface area contributed by atoms with Crippen LogP contribution >= 0.6 is 11.6 Å². The van der Waals surface area contributed by atoms with Gasteiger partial charge in [0, 0.05) is 17.7 Å². The molecular weight excluding hydrogens is 913 g/mol. The molecule has 326 valence electrons. The monoisotopic (exact) mass is 925 g/mol. The van der Waals surface area contributed by atoms with Gasteiger partial charge in [-0.1, -0.05) is 30.3 Å². The molecule has 1 heterocycles. The lowest BCUT2D eigenvalue weighted by Crippen LogP contribution is -2.81. The number of pyridine rings is 1. The minimum absolute atomic E-state index is 0.0127. The Labute approximate surface area is 337 Å². The molecule has 0 radical (unpaired) electrons. The molecule has 5 aromatic carbocycles. The molecule has 0 aliphatic heterocycles. The van der Waals surface area contributed by atoms with E-state index in [1.165, 1.54) is 0 Å². The van der Waals surface area contributed by atoms with E-state index in [0.717, 1.165) is 5.56 Å². The first-order valence-corrected chi connectivity index (χ1v) is 16.9. The Bertz CT molecular complexity index is 2410. The number of rotatable bonds is 8. The molecule has 6 rings (SSSR count). The summed E-state index contributed by atoms with van der Waals surface area (Å²) in [5.41, 5.74) is -12.5. The number of benzene rings is 5. The summed E-state index contributed by atoms with van der Waals surface area (Å²) in [6.45, 7) is 0.680. The first-order valence-electron chi connectivity index (χ1n) is 16.4. The maximum atomic E-state index is 15.4. The number of Topliss-reactive ketones (excluding diaryl/α,β-unsaturated/α-hetero) is 1. The summed E-state index contributed by atoms with van der Waals surface area (Å²) in [7, 11) is 0. The topological polar surface area (TPSA) is 20.9 Å². The van der Waals surface area contributed by atoms with Crippen LogP contribution in [0.2, 0.25) is 0 Å². The second-order valence-electron chi connectivity index (χ2n) is 12.6. The Kier molecular flexibility index (Phi) is 13.4. The molecule has 0 aliphatic carbocycles. The van der Waals surface area contributed by atoms with Crippen molar-refractivity contribution in [2.75, 3.05) is 5.88 Å². The van der Waals surface area contributed by atoms with E-state index < -0.39 is 144 Å². The van der Waals surface area contributed by atoms with E-state index >= 15 is 35.1 Å². The third-order valence-corrected chi connectivity index (χ3v) is 9.49. The van der Waals surface area contributed by atoms with Crippen LogP contribution in [0.25, 0.3) is 0 Å². The fraction of sp³-hybridized carbons (Fsp3) is 0.0526. The maximum absolute atomic E-state index is 15.4. The molecule has 0 aliphatic rings. The Balaban J connectivity index is 0.000000355. The van der Waals surface area contributed by atoms with Crippen molar-refractivity contribution in [1.82, 2.24) is 0 Å². The van der Waals surface area contributed by atoms with Crippen LogP contribution in [0.5, 0.6) is 0 Å². The van der Waals surface area contributed by atoms with Crippen LogP contribution in [0.1, 0.15) is 16.1 Å². The van der Waals surface area contributed by atoms with E-state index in [1.807, 2.05) is 53.2 Å². The minimum Gasteiger partial charge on any atom is -0.286 e. The van der Waals surface area contributed by atoms with E-state index in [0.29, 0.717) is 12.2 Å². The van der Waals surface area contributed by atoms with Crippen LogP contribution in [0.4, 0.5) is 87.8 Å². The zero-order chi connectivity index (χ0) is 46.4. The molecule has 0 fully saturated rings. The van der Waals surface area contributed by atoms with Crippen LogP contribution in [0.3, 0.4) is 0 Å². The van der Waals surface area contributed by atoms with Gasteiger partial charge in [-0.3, -0.25) is 4.79 Å². The van der Waals surface area contributed by atoms with Gasteiger partial charge in [-0.2, -0.15) is 4.57 Å². The Morgan fingerprint density at radius 3 is 0.919 bits per heavy atom. The zero-order valence-corrected chi connectivity index (χ0v) is 30.2.